The molecule has 1 aromatic heterocycles. The standard InChI is InChI=1S/C35H30N2O5/c1-19-7-6-10-26-27(35(41)42-20(2)32(38)22-8-4-3-5-9-22)18-28(36-31(19)26)21-13-15-25(16-14-21)37-33(39)29-23-11-12-24(17-23)30(29)34(37)40/h3-10,13-16,18,20,23-24,29-30H,11-12,17H2,1-2H3. The number of esters is 1. The number of ether oxygens (including phenoxy) is 1. The van der Waals surface area contributed by atoms with Gasteiger partial charge in [-0.1, -0.05) is 60.7 Å². The number of benzene rings is 3. The van der Waals surface area contributed by atoms with Crippen LogP contribution >= 0.6 is 0 Å². The summed E-state index contributed by atoms with van der Waals surface area (Å²) in [5, 5.41) is 0.633. The molecule has 2 bridgehead atoms. The van der Waals surface area contributed by atoms with Crippen molar-refractivity contribution in [3.63, 3.8) is 0 Å². The number of carbonyl (C=O) groups excluding carboxylic acids is 4. The van der Waals surface area contributed by atoms with Gasteiger partial charge in [0.25, 0.3) is 0 Å². The van der Waals surface area contributed by atoms with Crippen LogP contribution in [0.3, 0.4) is 0 Å². The zero-order valence-corrected chi connectivity index (χ0v) is 23.4. The number of carbonyl (C=O) groups is 4. The smallest absolute Gasteiger partial charge is 0.339 e. The highest BCUT2D eigenvalue weighted by molar-refractivity contribution is 6.22. The van der Waals surface area contributed by atoms with E-state index >= 15 is 0 Å². The number of rotatable bonds is 6. The molecule has 0 N–H and O–H groups in total. The number of aryl methyl sites for hydroxylation is 1. The Labute approximate surface area is 243 Å². The van der Waals surface area contributed by atoms with Crippen LogP contribution in [0.15, 0.2) is 78.9 Å². The Morgan fingerprint density at radius 2 is 1.55 bits per heavy atom. The fourth-order valence-electron chi connectivity index (χ4n) is 7.27. The second-order valence-electron chi connectivity index (χ2n) is 11.7. The Morgan fingerprint density at radius 1 is 0.881 bits per heavy atom. The van der Waals surface area contributed by atoms with Crippen molar-refractivity contribution in [3.05, 3.63) is 95.6 Å². The first-order valence-electron chi connectivity index (χ1n) is 14.5. The molecule has 7 heteroatoms. The number of pyridine rings is 1. The van der Waals surface area contributed by atoms with Gasteiger partial charge >= 0.3 is 5.97 Å². The molecule has 3 fully saturated rings. The summed E-state index contributed by atoms with van der Waals surface area (Å²) in [6.45, 7) is 3.50. The van der Waals surface area contributed by atoms with Crippen LogP contribution in [-0.2, 0) is 14.3 Å². The number of fused-ring (bicyclic) bond motifs is 6. The largest absolute Gasteiger partial charge is 0.451 e. The molecule has 42 heavy (non-hydrogen) atoms. The number of anilines is 1. The lowest BCUT2D eigenvalue weighted by molar-refractivity contribution is -0.123. The SMILES string of the molecule is Cc1cccc2c(C(=O)OC(C)C(=O)c3ccccc3)cc(-c3ccc(N4C(=O)C5C6CCC(C6)C5C4=O)cc3)nc12. The predicted octanol–water partition coefficient (Wildman–Crippen LogP) is 6.17. The van der Waals surface area contributed by atoms with Crippen LogP contribution in [0.2, 0.25) is 0 Å². The summed E-state index contributed by atoms with van der Waals surface area (Å²) in [7, 11) is 0. The first kappa shape index (κ1) is 26.3. The Bertz CT molecular complexity index is 1740. The molecular formula is C35H30N2O5. The molecule has 1 saturated heterocycles. The van der Waals surface area contributed by atoms with Gasteiger partial charge in [0.15, 0.2) is 6.10 Å². The van der Waals surface area contributed by atoms with Crippen molar-refractivity contribution in [1.82, 2.24) is 4.98 Å². The molecule has 0 radical (unpaired) electrons. The summed E-state index contributed by atoms with van der Waals surface area (Å²) in [4.78, 5) is 59.1. The van der Waals surface area contributed by atoms with Gasteiger partial charge in [-0.15, -0.1) is 0 Å². The number of hydrogen-bond donors (Lipinski definition) is 0. The second kappa shape index (κ2) is 10.0. The quantitative estimate of drug-likeness (QED) is 0.160. The minimum absolute atomic E-state index is 0.0754. The predicted molar refractivity (Wildman–Crippen MR) is 158 cm³/mol. The van der Waals surface area contributed by atoms with Gasteiger partial charge in [0.1, 0.15) is 0 Å². The molecule has 210 valence electrons. The number of aromatic nitrogens is 1. The van der Waals surface area contributed by atoms with Gasteiger partial charge in [0.2, 0.25) is 17.6 Å². The lowest BCUT2D eigenvalue weighted by atomic mass is 9.81. The Morgan fingerprint density at radius 3 is 2.21 bits per heavy atom. The zero-order valence-electron chi connectivity index (χ0n) is 23.4. The van der Waals surface area contributed by atoms with Crippen LogP contribution in [0.4, 0.5) is 5.69 Å². The fourth-order valence-corrected chi connectivity index (χ4v) is 7.27. The maximum absolute atomic E-state index is 13.5. The highest BCUT2D eigenvalue weighted by Gasteiger charge is 2.61. The number of para-hydroxylation sites is 1. The number of nitrogens with zero attached hydrogens (tertiary/aromatic N) is 2. The molecule has 1 aliphatic heterocycles. The molecule has 4 aromatic rings. The van der Waals surface area contributed by atoms with E-state index in [9.17, 15) is 19.2 Å². The van der Waals surface area contributed by atoms with Crippen LogP contribution in [0.5, 0.6) is 0 Å². The van der Waals surface area contributed by atoms with Gasteiger partial charge < -0.3 is 4.74 Å². The van der Waals surface area contributed by atoms with E-state index in [0.29, 0.717) is 45.2 Å². The summed E-state index contributed by atoms with van der Waals surface area (Å²) in [5.74, 6) is -0.738. The number of amides is 2. The zero-order chi connectivity index (χ0) is 29.1. The average molecular weight is 559 g/mol. The minimum Gasteiger partial charge on any atom is -0.451 e. The van der Waals surface area contributed by atoms with Crippen molar-refractivity contribution < 1.29 is 23.9 Å². The van der Waals surface area contributed by atoms with Crippen LogP contribution in [0.25, 0.3) is 22.2 Å². The molecule has 2 heterocycles. The third kappa shape index (κ3) is 4.14. The van der Waals surface area contributed by atoms with E-state index in [1.165, 1.54) is 4.90 Å². The van der Waals surface area contributed by atoms with E-state index in [2.05, 4.69) is 0 Å². The number of imide groups is 1. The molecule has 0 spiro atoms. The maximum atomic E-state index is 13.5. The number of ketones is 1. The van der Waals surface area contributed by atoms with Crippen molar-refractivity contribution in [2.24, 2.45) is 23.7 Å². The first-order valence-corrected chi connectivity index (χ1v) is 14.5. The van der Waals surface area contributed by atoms with Crippen LogP contribution in [0.1, 0.15) is 52.5 Å². The molecule has 7 nitrogen and oxygen atoms in total. The summed E-state index contributed by atoms with van der Waals surface area (Å²) in [6, 6.07) is 23.2. The topological polar surface area (TPSA) is 93.6 Å². The van der Waals surface area contributed by atoms with Gasteiger partial charge in [-0.05, 0) is 68.7 Å². The molecule has 2 saturated carbocycles. The third-order valence-corrected chi connectivity index (χ3v) is 9.32. The van der Waals surface area contributed by atoms with E-state index in [1.54, 1.807) is 49.4 Å². The molecule has 2 amide bonds. The van der Waals surface area contributed by atoms with E-state index < -0.39 is 12.1 Å². The number of hydrogen-bond acceptors (Lipinski definition) is 6. The summed E-state index contributed by atoms with van der Waals surface area (Å²) in [6.07, 6.45) is 2.10. The fraction of sp³-hybridized carbons (Fsp3) is 0.286. The lowest BCUT2D eigenvalue weighted by Gasteiger charge is -2.19. The van der Waals surface area contributed by atoms with Gasteiger partial charge in [-0.3, -0.25) is 19.3 Å². The van der Waals surface area contributed by atoms with E-state index in [-0.39, 0.29) is 29.4 Å². The van der Waals surface area contributed by atoms with Crippen molar-refractivity contribution in [2.45, 2.75) is 39.2 Å². The Balaban J connectivity index is 1.19. The molecular weight excluding hydrogens is 528 g/mol. The molecule has 7 rings (SSSR count). The lowest BCUT2D eigenvalue weighted by Crippen LogP contribution is -2.32. The highest BCUT2D eigenvalue weighted by atomic mass is 16.5. The van der Waals surface area contributed by atoms with E-state index in [4.69, 9.17) is 9.72 Å². The van der Waals surface area contributed by atoms with Gasteiger partial charge in [0, 0.05) is 16.5 Å². The van der Waals surface area contributed by atoms with Gasteiger partial charge in [-0.25, -0.2) is 9.78 Å². The average Bonchev–Trinajstić information content (AvgIpc) is 3.70. The maximum Gasteiger partial charge on any atom is 0.339 e. The summed E-state index contributed by atoms with van der Waals surface area (Å²) in [5.41, 5.74) is 4.16. The minimum atomic E-state index is -0.971. The third-order valence-electron chi connectivity index (χ3n) is 9.32. The van der Waals surface area contributed by atoms with Crippen molar-refractivity contribution in [2.75, 3.05) is 4.90 Å². The number of Topliss-reactive ketones (excluding diaryl/α,β-unsaturated/α-hetero) is 1. The molecule has 5 unspecified atom stereocenters. The summed E-state index contributed by atoms with van der Waals surface area (Å²) < 4.78 is 5.66. The van der Waals surface area contributed by atoms with Crippen molar-refractivity contribution in [1.29, 1.82) is 0 Å². The normalized spacial score (nSPS) is 23.3. The monoisotopic (exact) mass is 558 g/mol. The summed E-state index contributed by atoms with van der Waals surface area (Å²) >= 11 is 0. The van der Waals surface area contributed by atoms with Crippen LogP contribution < -0.4 is 4.90 Å². The van der Waals surface area contributed by atoms with Crippen molar-refractivity contribution in [3.8, 4) is 11.3 Å². The van der Waals surface area contributed by atoms with Crippen molar-refractivity contribution >= 4 is 40.2 Å². The Kier molecular flexibility index (Phi) is 6.26. The van der Waals surface area contributed by atoms with Crippen LogP contribution in [-0.4, -0.2) is 34.7 Å². The molecule has 2 aliphatic carbocycles. The van der Waals surface area contributed by atoms with Crippen LogP contribution in [0, 0.1) is 30.6 Å². The molecule has 5 atom stereocenters. The van der Waals surface area contributed by atoms with Gasteiger partial charge in [0.05, 0.1) is 34.3 Å². The Hall–Kier alpha value is -4.65. The van der Waals surface area contributed by atoms with E-state index in [0.717, 1.165) is 30.4 Å². The van der Waals surface area contributed by atoms with Gasteiger partial charge in [-0.2, -0.15) is 0 Å². The first-order chi connectivity index (χ1) is 20.3. The molecule has 3 aliphatic rings. The molecule has 3 aromatic carbocycles. The van der Waals surface area contributed by atoms with E-state index in [1.807, 2.05) is 43.3 Å². The highest BCUT2D eigenvalue weighted by Crippen LogP contribution is 2.56. The second-order valence-corrected chi connectivity index (χ2v) is 11.7.